The van der Waals surface area contributed by atoms with E-state index in [0.29, 0.717) is 16.4 Å². The second kappa shape index (κ2) is 5.74. The van der Waals surface area contributed by atoms with Crippen LogP contribution >= 0.6 is 11.6 Å². The summed E-state index contributed by atoms with van der Waals surface area (Å²) in [6, 6.07) is 10.6. The van der Waals surface area contributed by atoms with Gasteiger partial charge in [0.2, 0.25) is 0 Å². The maximum Gasteiger partial charge on any atom is 0.277 e. The Morgan fingerprint density at radius 1 is 1.12 bits per heavy atom. The molecule has 0 radical (unpaired) electrons. The molecule has 4 aromatic rings. The first-order chi connectivity index (χ1) is 11.7. The van der Waals surface area contributed by atoms with Gasteiger partial charge in [-0.1, -0.05) is 22.9 Å². The summed E-state index contributed by atoms with van der Waals surface area (Å²) in [5, 5.41) is 18.9. The molecule has 0 aliphatic heterocycles. The Labute approximate surface area is 140 Å². The van der Waals surface area contributed by atoms with E-state index in [1.54, 1.807) is 47.3 Å². The monoisotopic (exact) mass is 339 g/mol. The number of amides is 1. The van der Waals surface area contributed by atoms with Crippen molar-refractivity contribution in [2.45, 2.75) is 0 Å². The average Bonchev–Trinajstić information content (AvgIpc) is 3.24. The Morgan fingerprint density at radius 3 is 2.92 bits per heavy atom. The molecule has 1 amide bonds. The average molecular weight is 340 g/mol. The highest BCUT2D eigenvalue weighted by Crippen LogP contribution is 2.15. The summed E-state index contributed by atoms with van der Waals surface area (Å²) in [5.41, 5.74) is 2.21. The van der Waals surface area contributed by atoms with E-state index < -0.39 is 0 Å². The van der Waals surface area contributed by atoms with Crippen LogP contribution in [0.4, 0.5) is 5.69 Å². The molecule has 4 rings (SSSR count). The molecule has 24 heavy (non-hydrogen) atoms. The number of nitrogens with one attached hydrogen (secondary N) is 1. The lowest BCUT2D eigenvalue weighted by Crippen LogP contribution is -2.12. The highest BCUT2D eigenvalue weighted by Gasteiger charge is 2.12. The highest BCUT2D eigenvalue weighted by molar-refractivity contribution is 6.30. The number of carbonyl (C=O) groups excluding carboxylic acids is 1. The predicted molar refractivity (Wildman–Crippen MR) is 87.3 cm³/mol. The van der Waals surface area contributed by atoms with E-state index in [1.165, 1.54) is 10.9 Å². The zero-order valence-electron chi connectivity index (χ0n) is 12.2. The minimum atomic E-state index is -0.365. The molecule has 1 aromatic carbocycles. The van der Waals surface area contributed by atoms with Gasteiger partial charge >= 0.3 is 0 Å². The van der Waals surface area contributed by atoms with Crippen LogP contribution in [-0.2, 0) is 0 Å². The molecule has 3 heterocycles. The minimum absolute atomic E-state index is 0.193. The Balaban J connectivity index is 1.56. The first kappa shape index (κ1) is 14.3. The zero-order valence-corrected chi connectivity index (χ0v) is 12.9. The van der Waals surface area contributed by atoms with Crippen LogP contribution in [0.5, 0.6) is 0 Å². The molecule has 0 aliphatic rings. The number of anilines is 1. The third-order valence-corrected chi connectivity index (χ3v) is 3.58. The summed E-state index contributed by atoms with van der Waals surface area (Å²) in [4.78, 5) is 12.3. The second-order valence-corrected chi connectivity index (χ2v) is 5.43. The number of rotatable bonds is 3. The molecular weight excluding hydrogens is 330 g/mol. The lowest BCUT2D eigenvalue weighted by Gasteiger charge is -2.03. The quantitative estimate of drug-likeness (QED) is 0.618. The Bertz CT molecular complexity index is 1040. The normalized spacial score (nSPS) is 10.9. The van der Waals surface area contributed by atoms with Crippen molar-refractivity contribution in [1.82, 2.24) is 29.6 Å². The van der Waals surface area contributed by atoms with Gasteiger partial charge in [0.05, 0.1) is 17.6 Å². The van der Waals surface area contributed by atoms with Crippen LogP contribution in [0.2, 0.25) is 5.02 Å². The van der Waals surface area contributed by atoms with Crippen LogP contribution in [0.1, 0.15) is 10.5 Å². The summed E-state index contributed by atoms with van der Waals surface area (Å²) in [6.07, 6.45) is 4.81. The van der Waals surface area contributed by atoms with E-state index in [1.807, 2.05) is 6.07 Å². The highest BCUT2D eigenvalue weighted by atomic mass is 35.5. The molecule has 9 heteroatoms. The van der Waals surface area contributed by atoms with Crippen molar-refractivity contribution in [2.24, 2.45) is 0 Å². The van der Waals surface area contributed by atoms with Crippen molar-refractivity contribution in [3.05, 3.63) is 65.8 Å². The van der Waals surface area contributed by atoms with Gasteiger partial charge in [-0.25, -0.2) is 4.68 Å². The molecule has 0 atom stereocenters. The number of benzene rings is 1. The number of pyridine rings is 1. The van der Waals surface area contributed by atoms with Gasteiger partial charge in [0.15, 0.2) is 11.3 Å². The van der Waals surface area contributed by atoms with Crippen LogP contribution in [0, 0.1) is 0 Å². The van der Waals surface area contributed by atoms with Crippen LogP contribution in [0.25, 0.3) is 11.3 Å². The number of nitrogens with zero attached hydrogens (tertiary/aromatic N) is 6. The first-order valence-electron chi connectivity index (χ1n) is 6.98. The van der Waals surface area contributed by atoms with Crippen molar-refractivity contribution >= 4 is 28.8 Å². The standard InChI is InChI=1S/C15H10ClN7O/c16-10-2-1-3-12(6-10)23-8-13(19-21-23)15(24)18-11-4-5-14-20-17-9-22(14)7-11/h1-9H,(H,18,24). The summed E-state index contributed by atoms with van der Waals surface area (Å²) >= 11 is 5.96. The molecule has 1 N–H and O–H groups in total. The van der Waals surface area contributed by atoms with E-state index in [4.69, 9.17) is 11.6 Å². The molecule has 0 bridgehead atoms. The number of hydrogen-bond donors (Lipinski definition) is 1. The fourth-order valence-corrected chi connectivity index (χ4v) is 2.39. The van der Waals surface area contributed by atoms with Gasteiger partial charge in [0.1, 0.15) is 6.33 Å². The lowest BCUT2D eigenvalue weighted by molar-refractivity contribution is 0.102. The lowest BCUT2D eigenvalue weighted by atomic mass is 10.3. The number of hydrogen-bond acceptors (Lipinski definition) is 5. The summed E-state index contributed by atoms with van der Waals surface area (Å²) in [5.74, 6) is -0.365. The van der Waals surface area contributed by atoms with Crippen LogP contribution in [0.3, 0.4) is 0 Å². The number of aromatic nitrogens is 6. The number of carbonyl (C=O) groups is 1. The smallest absolute Gasteiger partial charge is 0.277 e. The predicted octanol–water partition coefficient (Wildman–Crippen LogP) is 2.22. The van der Waals surface area contributed by atoms with E-state index in [9.17, 15) is 4.79 Å². The molecule has 118 valence electrons. The van der Waals surface area contributed by atoms with Gasteiger partial charge in [-0.05, 0) is 30.3 Å². The summed E-state index contributed by atoms with van der Waals surface area (Å²) in [6.45, 7) is 0. The van der Waals surface area contributed by atoms with Crippen LogP contribution in [0.15, 0.2) is 55.1 Å². The van der Waals surface area contributed by atoms with E-state index in [2.05, 4.69) is 25.8 Å². The van der Waals surface area contributed by atoms with E-state index >= 15 is 0 Å². The Kier molecular flexibility index (Phi) is 3.43. The van der Waals surface area contributed by atoms with Crippen molar-refractivity contribution in [3.8, 4) is 5.69 Å². The molecule has 3 aromatic heterocycles. The van der Waals surface area contributed by atoms with E-state index in [0.717, 1.165) is 5.69 Å². The fourth-order valence-electron chi connectivity index (χ4n) is 2.21. The van der Waals surface area contributed by atoms with Crippen molar-refractivity contribution in [1.29, 1.82) is 0 Å². The fraction of sp³-hybridized carbons (Fsp3) is 0. The molecule has 0 unspecified atom stereocenters. The van der Waals surface area contributed by atoms with Gasteiger partial charge in [0, 0.05) is 11.2 Å². The van der Waals surface area contributed by atoms with Crippen molar-refractivity contribution < 1.29 is 4.79 Å². The third-order valence-electron chi connectivity index (χ3n) is 3.35. The molecule has 0 fully saturated rings. The van der Waals surface area contributed by atoms with Gasteiger partial charge in [0.25, 0.3) is 5.91 Å². The van der Waals surface area contributed by atoms with Crippen molar-refractivity contribution in [3.63, 3.8) is 0 Å². The molecule has 0 saturated heterocycles. The summed E-state index contributed by atoms with van der Waals surface area (Å²) in [7, 11) is 0. The largest absolute Gasteiger partial charge is 0.319 e. The van der Waals surface area contributed by atoms with Crippen molar-refractivity contribution in [2.75, 3.05) is 5.32 Å². The third kappa shape index (κ3) is 2.70. The van der Waals surface area contributed by atoms with Crippen LogP contribution in [-0.4, -0.2) is 35.5 Å². The molecule has 0 aliphatic carbocycles. The Morgan fingerprint density at radius 2 is 2.04 bits per heavy atom. The number of halogens is 1. The van der Waals surface area contributed by atoms with Gasteiger partial charge < -0.3 is 5.32 Å². The maximum atomic E-state index is 12.3. The van der Waals surface area contributed by atoms with Gasteiger partial charge in [-0.3, -0.25) is 9.20 Å². The number of fused-ring (bicyclic) bond motifs is 1. The zero-order chi connectivity index (χ0) is 16.5. The topological polar surface area (TPSA) is 90.0 Å². The molecular formula is C15H10ClN7O. The Hall–Kier alpha value is -3.26. The van der Waals surface area contributed by atoms with E-state index in [-0.39, 0.29) is 11.6 Å². The molecule has 0 spiro atoms. The van der Waals surface area contributed by atoms with Gasteiger partial charge in [-0.2, -0.15) is 0 Å². The molecule has 0 saturated carbocycles. The minimum Gasteiger partial charge on any atom is -0.319 e. The maximum absolute atomic E-state index is 12.3. The summed E-state index contributed by atoms with van der Waals surface area (Å²) < 4.78 is 3.20. The first-order valence-corrected chi connectivity index (χ1v) is 7.36. The second-order valence-electron chi connectivity index (χ2n) is 5.00. The molecule has 8 nitrogen and oxygen atoms in total. The SMILES string of the molecule is O=C(Nc1ccc2nncn2c1)c1cn(-c2cccc(Cl)c2)nn1. The van der Waals surface area contributed by atoms with Crippen LogP contribution < -0.4 is 5.32 Å². The van der Waals surface area contributed by atoms with Gasteiger partial charge in [-0.15, -0.1) is 15.3 Å².